The fourth-order valence-electron chi connectivity index (χ4n) is 6.12. The van der Waals surface area contributed by atoms with Crippen molar-refractivity contribution in [3.8, 4) is 22.4 Å². The molecule has 0 bridgehead atoms. The standard InChI is InChI=1S/C37H25NS/c1-22-14-17-35-32(18-22)33-20-23(2)19-31(37(33)39-35)24-8-7-9-25(21-24)34-16-15-30-28-12-4-3-10-26(28)27-11-5-6-13-29(27)36(30)38-34/h3-21H,1-2H3. The molecule has 184 valence electrons. The van der Waals surface area contributed by atoms with Gasteiger partial charge in [0.2, 0.25) is 0 Å². The van der Waals surface area contributed by atoms with Crippen LogP contribution in [0.5, 0.6) is 0 Å². The van der Waals surface area contributed by atoms with Crippen molar-refractivity contribution in [3.63, 3.8) is 0 Å². The number of fused-ring (bicyclic) bond motifs is 9. The van der Waals surface area contributed by atoms with Crippen molar-refractivity contribution in [2.45, 2.75) is 13.8 Å². The largest absolute Gasteiger partial charge is 0.247 e. The van der Waals surface area contributed by atoms with Gasteiger partial charge in [-0.2, -0.15) is 0 Å². The van der Waals surface area contributed by atoms with Gasteiger partial charge < -0.3 is 0 Å². The van der Waals surface area contributed by atoms with Crippen molar-refractivity contribution in [1.29, 1.82) is 0 Å². The van der Waals surface area contributed by atoms with Crippen LogP contribution in [0, 0.1) is 13.8 Å². The van der Waals surface area contributed by atoms with Gasteiger partial charge in [-0.05, 0) is 89.2 Å². The topological polar surface area (TPSA) is 12.9 Å². The van der Waals surface area contributed by atoms with Gasteiger partial charge in [0.1, 0.15) is 0 Å². The Hall–Kier alpha value is -4.53. The van der Waals surface area contributed by atoms with Crippen LogP contribution in [0.3, 0.4) is 0 Å². The van der Waals surface area contributed by atoms with Crippen molar-refractivity contribution in [2.24, 2.45) is 0 Å². The zero-order valence-electron chi connectivity index (χ0n) is 21.8. The molecule has 0 aliphatic rings. The van der Waals surface area contributed by atoms with Gasteiger partial charge in [0.25, 0.3) is 0 Å². The second kappa shape index (κ2) is 8.49. The number of thiophene rings is 1. The lowest BCUT2D eigenvalue weighted by Gasteiger charge is -2.12. The van der Waals surface area contributed by atoms with E-state index >= 15 is 0 Å². The summed E-state index contributed by atoms with van der Waals surface area (Å²) >= 11 is 1.89. The molecular formula is C37H25NS. The highest BCUT2D eigenvalue weighted by molar-refractivity contribution is 7.26. The number of benzene rings is 6. The first-order valence-electron chi connectivity index (χ1n) is 13.4. The zero-order valence-corrected chi connectivity index (χ0v) is 22.6. The third-order valence-corrected chi connectivity index (χ3v) is 9.14. The van der Waals surface area contributed by atoms with E-state index in [1.165, 1.54) is 69.4 Å². The van der Waals surface area contributed by atoms with Crippen LogP contribution in [-0.2, 0) is 0 Å². The summed E-state index contributed by atoms with van der Waals surface area (Å²) in [5.74, 6) is 0. The minimum absolute atomic E-state index is 1.00. The average molecular weight is 516 g/mol. The van der Waals surface area contributed by atoms with Crippen LogP contribution in [0.1, 0.15) is 11.1 Å². The van der Waals surface area contributed by atoms with Crippen LogP contribution in [-0.4, -0.2) is 4.98 Å². The van der Waals surface area contributed by atoms with Gasteiger partial charge in [-0.25, -0.2) is 4.98 Å². The first kappa shape index (κ1) is 22.5. The van der Waals surface area contributed by atoms with E-state index in [1.807, 2.05) is 11.3 Å². The molecule has 0 aliphatic heterocycles. The van der Waals surface area contributed by atoms with E-state index in [0.29, 0.717) is 0 Å². The Kier molecular flexibility index (Phi) is 4.89. The van der Waals surface area contributed by atoms with E-state index in [2.05, 4.69) is 129 Å². The van der Waals surface area contributed by atoms with Gasteiger partial charge in [0.15, 0.2) is 0 Å². The van der Waals surface area contributed by atoms with Crippen molar-refractivity contribution < 1.29 is 0 Å². The Morgan fingerprint density at radius 2 is 1.15 bits per heavy atom. The van der Waals surface area contributed by atoms with Gasteiger partial charge in [-0.3, -0.25) is 0 Å². The van der Waals surface area contributed by atoms with Gasteiger partial charge in [0, 0.05) is 36.5 Å². The summed E-state index contributed by atoms with van der Waals surface area (Å²) in [5.41, 5.74) is 8.31. The predicted molar refractivity (Wildman–Crippen MR) is 170 cm³/mol. The number of aryl methyl sites for hydroxylation is 2. The molecule has 6 aromatic carbocycles. The first-order valence-corrected chi connectivity index (χ1v) is 14.2. The average Bonchev–Trinajstić information content (AvgIpc) is 3.34. The number of hydrogen-bond donors (Lipinski definition) is 0. The molecule has 0 amide bonds. The number of rotatable bonds is 2. The van der Waals surface area contributed by atoms with Crippen LogP contribution in [0.4, 0.5) is 0 Å². The fraction of sp³-hybridized carbons (Fsp3) is 0.0541. The van der Waals surface area contributed by atoms with Crippen LogP contribution in [0.2, 0.25) is 0 Å². The van der Waals surface area contributed by atoms with Crippen molar-refractivity contribution in [3.05, 3.63) is 126 Å². The van der Waals surface area contributed by atoms with E-state index in [1.54, 1.807) is 0 Å². The highest BCUT2D eigenvalue weighted by Crippen LogP contribution is 2.42. The lowest BCUT2D eigenvalue weighted by Crippen LogP contribution is -1.90. The maximum absolute atomic E-state index is 5.29. The highest BCUT2D eigenvalue weighted by atomic mass is 32.1. The molecule has 0 spiro atoms. The lowest BCUT2D eigenvalue weighted by atomic mass is 9.95. The molecule has 0 unspecified atom stereocenters. The second-order valence-electron chi connectivity index (χ2n) is 10.6. The minimum Gasteiger partial charge on any atom is -0.247 e. The monoisotopic (exact) mass is 515 g/mol. The van der Waals surface area contributed by atoms with Crippen LogP contribution in [0.25, 0.3) is 75.0 Å². The quantitative estimate of drug-likeness (QED) is 0.209. The molecular weight excluding hydrogens is 490 g/mol. The SMILES string of the molecule is Cc1ccc2sc3c(-c4cccc(-c5ccc6c7ccccc7c7ccccc7c6n5)c4)cc(C)cc3c2c1. The molecule has 8 rings (SSSR count). The summed E-state index contributed by atoms with van der Waals surface area (Å²) in [4.78, 5) is 5.29. The molecule has 39 heavy (non-hydrogen) atoms. The van der Waals surface area contributed by atoms with Crippen LogP contribution < -0.4 is 0 Å². The molecule has 8 aromatic rings. The minimum atomic E-state index is 1.00. The molecule has 1 nitrogen and oxygen atoms in total. The molecule has 0 radical (unpaired) electrons. The van der Waals surface area contributed by atoms with Gasteiger partial charge >= 0.3 is 0 Å². The Morgan fingerprint density at radius 3 is 1.95 bits per heavy atom. The molecule has 0 saturated heterocycles. The molecule has 0 fully saturated rings. The molecule has 0 aliphatic carbocycles. The highest BCUT2D eigenvalue weighted by Gasteiger charge is 2.14. The van der Waals surface area contributed by atoms with Crippen molar-refractivity contribution in [1.82, 2.24) is 4.98 Å². The summed E-state index contributed by atoms with van der Waals surface area (Å²) < 4.78 is 2.69. The third-order valence-electron chi connectivity index (χ3n) is 7.92. The zero-order chi connectivity index (χ0) is 26.1. The third kappa shape index (κ3) is 3.49. The number of hydrogen-bond acceptors (Lipinski definition) is 2. The Labute approximate surface area is 231 Å². The predicted octanol–water partition coefficient (Wildman–Crippen LogP) is 10.9. The van der Waals surface area contributed by atoms with E-state index in [0.717, 1.165) is 16.8 Å². The van der Waals surface area contributed by atoms with Crippen molar-refractivity contribution >= 4 is 64.0 Å². The molecule has 2 aromatic heterocycles. The molecule has 0 saturated carbocycles. The van der Waals surface area contributed by atoms with Crippen LogP contribution in [0.15, 0.2) is 115 Å². The summed E-state index contributed by atoms with van der Waals surface area (Å²) in [7, 11) is 0. The summed E-state index contributed by atoms with van der Waals surface area (Å²) in [5, 5.41) is 8.88. The van der Waals surface area contributed by atoms with Gasteiger partial charge in [0.05, 0.1) is 11.2 Å². The number of pyridine rings is 1. The normalized spacial score (nSPS) is 11.8. The first-order chi connectivity index (χ1) is 19.1. The van der Waals surface area contributed by atoms with Crippen LogP contribution >= 0.6 is 11.3 Å². The smallest absolute Gasteiger partial charge is 0.0794 e. The summed E-state index contributed by atoms with van der Waals surface area (Å²) in [6.45, 7) is 4.37. The second-order valence-corrected chi connectivity index (χ2v) is 11.6. The molecule has 2 heteroatoms. The summed E-state index contributed by atoms with van der Waals surface area (Å²) in [6.07, 6.45) is 0. The molecule has 0 atom stereocenters. The van der Waals surface area contributed by atoms with Gasteiger partial charge in [-0.1, -0.05) is 78.4 Å². The van der Waals surface area contributed by atoms with E-state index < -0.39 is 0 Å². The molecule has 2 heterocycles. The van der Waals surface area contributed by atoms with Gasteiger partial charge in [-0.15, -0.1) is 11.3 Å². The van der Waals surface area contributed by atoms with Crippen molar-refractivity contribution in [2.75, 3.05) is 0 Å². The molecule has 0 N–H and O–H groups in total. The van der Waals surface area contributed by atoms with E-state index in [4.69, 9.17) is 4.98 Å². The Bertz CT molecular complexity index is 2220. The maximum atomic E-state index is 5.29. The lowest BCUT2D eigenvalue weighted by molar-refractivity contribution is 1.41. The maximum Gasteiger partial charge on any atom is 0.0794 e. The number of aromatic nitrogens is 1. The fourth-order valence-corrected chi connectivity index (χ4v) is 7.32. The van der Waals surface area contributed by atoms with E-state index in [-0.39, 0.29) is 0 Å². The Balaban J connectivity index is 1.34. The number of nitrogens with zero attached hydrogens (tertiary/aromatic N) is 1. The summed E-state index contributed by atoms with van der Waals surface area (Å²) in [6, 6.07) is 42.1. The Morgan fingerprint density at radius 1 is 0.487 bits per heavy atom. The van der Waals surface area contributed by atoms with E-state index in [9.17, 15) is 0 Å².